The molecule has 9 heteroatoms. The molecular weight excluding hydrogens is 390 g/mol. The third kappa shape index (κ3) is 9.30. The van der Waals surface area contributed by atoms with Crippen LogP contribution in [0.5, 0.6) is 0 Å². The van der Waals surface area contributed by atoms with Crippen LogP contribution in [-0.2, 0) is 9.53 Å². The maximum atomic E-state index is 12.4. The molecule has 166 valence electrons. The first kappa shape index (κ1) is 26.8. The minimum Gasteiger partial charge on any atom is -0.828 e. The highest BCUT2D eigenvalue weighted by Crippen LogP contribution is 2.41. The van der Waals surface area contributed by atoms with Crippen LogP contribution in [0.4, 0.5) is 26.3 Å². The quantitative estimate of drug-likeness (QED) is 0.150. The lowest BCUT2D eigenvalue weighted by Crippen LogP contribution is -2.71. The number of alkyl halides is 6. The number of carbonyl (C=O) groups is 1. The van der Waals surface area contributed by atoms with Crippen LogP contribution in [-0.4, -0.2) is 30.5 Å². The number of carbonyl (C=O) groups excluding carboxylic acids is 1. The lowest BCUT2D eigenvalue weighted by atomic mass is 10.0. The molecular formula is C19H29F6O3-. The molecule has 0 spiro atoms. The Hall–Kier alpha value is -1.25. The molecule has 0 atom stereocenters. The molecule has 0 N–H and O–H groups in total. The maximum Gasteiger partial charge on any atom is 0.399 e. The van der Waals surface area contributed by atoms with Crippen LogP contribution in [0.1, 0.15) is 77.0 Å². The lowest BCUT2D eigenvalue weighted by Gasteiger charge is -2.40. The van der Waals surface area contributed by atoms with Crippen molar-refractivity contribution >= 4 is 5.97 Å². The average molecular weight is 419 g/mol. The summed E-state index contributed by atoms with van der Waals surface area (Å²) in [6, 6.07) is 0. The van der Waals surface area contributed by atoms with Crippen molar-refractivity contribution in [3.63, 3.8) is 0 Å². The lowest BCUT2D eigenvalue weighted by molar-refractivity contribution is -0.574. The largest absolute Gasteiger partial charge is 0.828 e. The smallest absolute Gasteiger partial charge is 0.399 e. The number of ether oxygens (including phenoxy) is 1. The monoisotopic (exact) mass is 419 g/mol. The highest BCUT2D eigenvalue weighted by molar-refractivity contribution is 5.81. The number of hydrogen-bond acceptors (Lipinski definition) is 3. The fraction of sp³-hybridized carbons (Fsp3) is 0.842. The van der Waals surface area contributed by atoms with Gasteiger partial charge in [-0.1, -0.05) is 63.9 Å². The molecule has 0 aromatic heterocycles. The Bertz CT molecular complexity index is 432. The van der Waals surface area contributed by atoms with Gasteiger partial charge in [0.15, 0.2) is 5.60 Å². The highest BCUT2D eigenvalue weighted by atomic mass is 19.4. The van der Waals surface area contributed by atoms with Crippen molar-refractivity contribution in [2.75, 3.05) is 6.61 Å². The van der Waals surface area contributed by atoms with E-state index < -0.39 is 30.5 Å². The zero-order chi connectivity index (χ0) is 21.7. The van der Waals surface area contributed by atoms with E-state index in [4.69, 9.17) is 0 Å². The van der Waals surface area contributed by atoms with Gasteiger partial charge in [0.1, 0.15) is 0 Å². The van der Waals surface area contributed by atoms with Crippen LogP contribution in [0, 0.1) is 0 Å². The number of rotatable bonds is 15. The minimum atomic E-state index is -6.31. The Labute approximate surface area is 162 Å². The zero-order valence-electron chi connectivity index (χ0n) is 16.0. The summed E-state index contributed by atoms with van der Waals surface area (Å²) in [5.41, 5.74) is -5.74. The number of esters is 1. The predicted molar refractivity (Wildman–Crippen MR) is 91.4 cm³/mol. The van der Waals surface area contributed by atoms with E-state index in [9.17, 15) is 36.2 Å². The first-order valence-corrected chi connectivity index (χ1v) is 9.60. The van der Waals surface area contributed by atoms with Crippen molar-refractivity contribution in [1.82, 2.24) is 0 Å². The van der Waals surface area contributed by atoms with E-state index in [0.29, 0.717) is 6.42 Å². The molecule has 28 heavy (non-hydrogen) atoms. The Morgan fingerprint density at radius 2 is 1.11 bits per heavy atom. The van der Waals surface area contributed by atoms with Crippen LogP contribution >= 0.6 is 0 Å². The maximum absolute atomic E-state index is 12.4. The van der Waals surface area contributed by atoms with Gasteiger partial charge in [-0.05, 0) is 19.3 Å². The molecule has 0 saturated heterocycles. The second-order valence-electron chi connectivity index (χ2n) is 6.78. The van der Waals surface area contributed by atoms with Gasteiger partial charge in [0, 0.05) is 0 Å². The van der Waals surface area contributed by atoms with E-state index in [2.05, 4.69) is 11.3 Å². The highest BCUT2D eigenvalue weighted by Gasteiger charge is 2.68. The molecule has 0 unspecified atom stereocenters. The summed E-state index contributed by atoms with van der Waals surface area (Å²) in [6.45, 7) is 3.03. The van der Waals surface area contributed by atoms with Gasteiger partial charge in [-0.25, -0.2) is 0 Å². The summed E-state index contributed by atoms with van der Waals surface area (Å²) in [7, 11) is 0. The average Bonchev–Trinajstić information content (AvgIpc) is 2.59. The summed E-state index contributed by atoms with van der Waals surface area (Å²) in [5.74, 6) is -2.85. The van der Waals surface area contributed by atoms with Crippen molar-refractivity contribution in [3.05, 3.63) is 12.7 Å². The molecule has 0 bridgehead atoms. The first-order chi connectivity index (χ1) is 13.0. The van der Waals surface area contributed by atoms with E-state index in [1.54, 1.807) is 0 Å². The molecule has 0 heterocycles. The van der Waals surface area contributed by atoms with E-state index in [1.807, 2.05) is 6.08 Å². The van der Waals surface area contributed by atoms with Gasteiger partial charge < -0.3 is 9.84 Å². The van der Waals surface area contributed by atoms with E-state index >= 15 is 0 Å². The molecule has 0 aromatic carbocycles. The second kappa shape index (κ2) is 13.1. The van der Waals surface area contributed by atoms with E-state index in [0.717, 1.165) is 44.9 Å². The molecule has 0 aliphatic rings. The molecule has 0 rings (SSSR count). The van der Waals surface area contributed by atoms with Gasteiger partial charge in [-0.2, -0.15) is 26.3 Å². The third-order valence-corrected chi connectivity index (χ3v) is 4.37. The predicted octanol–water partition coefficient (Wildman–Crippen LogP) is 5.62. The van der Waals surface area contributed by atoms with Gasteiger partial charge in [0.05, 0.1) is 6.61 Å². The Balaban J connectivity index is 3.80. The number of allylic oxidation sites excluding steroid dienone is 1. The number of hydrogen-bond donors (Lipinski definition) is 0. The van der Waals surface area contributed by atoms with Crippen molar-refractivity contribution < 1.29 is 41.0 Å². The fourth-order valence-electron chi connectivity index (χ4n) is 2.64. The topological polar surface area (TPSA) is 49.4 Å². The third-order valence-electron chi connectivity index (χ3n) is 4.37. The van der Waals surface area contributed by atoms with Crippen molar-refractivity contribution in [1.29, 1.82) is 0 Å². The Kier molecular flexibility index (Phi) is 12.5. The summed E-state index contributed by atoms with van der Waals surface area (Å²) in [4.78, 5) is 11.1. The van der Waals surface area contributed by atoms with E-state index in [1.165, 1.54) is 19.3 Å². The van der Waals surface area contributed by atoms with Gasteiger partial charge in [0.25, 0.3) is 0 Å². The molecule has 3 nitrogen and oxygen atoms in total. The number of halogens is 6. The Morgan fingerprint density at radius 3 is 1.46 bits per heavy atom. The summed E-state index contributed by atoms with van der Waals surface area (Å²) >= 11 is 0. The van der Waals surface area contributed by atoms with Crippen LogP contribution in [0.15, 0.2) is 12.7 Å². The summed E-state index contributed by atoms with van der Waals surface area (Å²) in [5, 5.41) is 11.1. The van der Waals surface area contributed by atoms with Gasteiger partial charge >= 0.3 is 18.3 Å². The fourth-order valence-corrected chi connectivity index (χ4v) is 2.64. The van der Waals surface area contributed by atoms with Crippen molar-refractivity contribution in [2.45, 2.75) is 95.0 Å². The van der Waals surface area contributed by atoms with Crippen molar-refractivity contribution in [3.8, 4) is 0 Å². The first-order valence-electron chi connectivity index (χ1n) is 9.60. The van der Waals surface area contributed by atoms with E-state index in [-0.39, 0.29) is 6.42 Å². The molecule has 0 aromatic rings. The second-order valence-corrected chi connectivity index (χ2v) is 6.78. The SMILES string of the molecule is C=CCCCCCCCCCCCCCOC(=O)C([O-])(C(F)(F)F)C(F)(F)F. The molecule has 0 amide bonds. The Morgan fingerprint density at radius 1 is 0.750 bits per heavy atom. The molecule has 0 fully saturated rings. The minimum absolute atomic E-state index is 0.112. The van der Waals surface area contributed by atoms with Crippen molar-refractivity contribution in [2.24, 2.45) is 0 Å². The number of unbranched alkanes of at least 4 members (excludes halogenated alkanes) is 11. The van der Waals surface area contributed by atoms with Crippen LogP contribution in [0.25, 0.3) is 0 Å². The van der Waals surface area contributed by atoms with Gasteiger partial charge in [0.2, 0.25) is 0 Å². The summed E-state index contributed by atoms with van der Waals surface area (Å²) < 4.78 is 78.3. The van der Waals surface area contributed by atoms with Crippen LogP contribution in [0.2, 0.25) is 0 Å². The van der Waals surface area contributed by atoms with Crippen LogP contribution < -0.4 is 5.11 Å². The molecule has 0 saturated carbocycles. The standard InChI is InChI=1S/C19H29F6O3/c1-2-3-4-5-6-7-8-9-10-11-12-13-14-15-28-16(26)17(27,18(20,21)22)19(23,24)25/h2H,1,3-15H2/q-1. The molecule has 0 aliphatic carbocycles. The van der Waals surface area contributed by atoms with Gasteiger partial charge in [-0.15, -0.1) is 6.58 Å². The normalized spacial score (nSPS) is 12.8. The molecule has 0 radical (unpaired) electrons. The summed E-state index contributed by atoms with van der Waals surface area (Å²) in [6.07, 6.45) is 0.476. The van der Waals surface area contributed by atoms with Gasteiger partial charge in [-0.3, -0.25) is 4.79 Å². The molecule has 0 aliphatic heterocycles. The zero-order valence-corrected chi connectivity index (χ0v) is 16.0. The van der Waals surface area contributed by atoms with Crippen LogP contribution in [0.3, 0.4) is 0 Å².